The van der Waals surface area contributed by atoms with Crippen molar-refractivity contribution in [2.75, 3.05) is 0 Å². The summed E-state index contributed by atoms with van der Waals surface area (Å²) in [5.41, 5.74) is 3.16. The number of fused-ring (bicyclic) bond motifs is 1. The van der Waals surface area contributed by atoms with Crippen molar-refractivity contribution in [3.8, 4) is 22.6 Å². The van der Waals surface area contributed by atoms with E-state index in [9.17, 15) is 10.2 Å². The highest BCUT2D eigenvalue weighted by Crippen LogP contribution is 2.41. The van der Waals surface area contributed by atoms with E-state index < -0.39 is 0 Å². The number of phenolic OH excluding ortho intramolecular Hbond substituents is 2. The van der Waals surface area contributed by atoms with Gasteiger partial charge in [0.1, 0.15) is 11.5 Å². The highest BCUT2D eigenvalue weighted by atomic mass is 16.3. The largest absolute Gasteiger partial charge is 0.508 e. The lowest BCUT2D eigenvalue weighted by molar-refractivity contribution is 0.424. The van der Waals surface area contributed by atoms with Gasteiger partial charge in [-0.1, -0.05) is 80.6 Å². The van der Waals surface area contributed by atoms with Crippen LogP contribution in [0.25, 0.3) is 21.9 Å². The summed E-state index contributed by atoms with van der Waals surface area (Å²) in [6, 6.07) is 27.8. The Morgan fingerprint density at radius 3 is 2.11 bits per heavy atom. The SMILES string of the molecule is CC(C)(Cc1ccccc1)c1cc(O)c(-c2ccc3ccccc3c2)cc1O. The number of hydrogen-bond donors (Lipinski definition) is 2. The maximum Gasteiger partial charge on any atom is 0.123 e. The van der Waals surface area contributed by atoms with Gasteiger partial charge < -0.3 is 10.2 Å². The Balaban J connectivity index is 1.73. The van der Waals surface area contributed by atoms with Gasteiger partial charge in [-0.25, -0.2) is 0 Å². The first-order chi connectivity index (χ1) is 13.4. The van der Waals surface area contributed by atoms with Crippen molar-refractivity contribution in [2.24, 2.45) is 0 Å². The first-order valence-corrected chi connectivity index (χ1v) is 9.54. The second-order valence-corrected chi connectivity index (χ2v) is 7.99. The zero-order valence-corrected chi connectivity index (χ0v) is 16.2. The van der Waals surface area contributed by atoms with Gasteiger partial charge in [0, 0.05) is 11.1 Å². The van der Waals surface area contributed by atoms with Gasteiger partial charge in [-0.2, -0.15) is 0 Å². The van der Waals surface area contributed by atoms with Crippen LogP contribution in [0.3, 0.4) is 0 Å². The number of benzene rings is 4. The molecule has 0 saturated carbocycles. The number of aromatic hydroxyl groups is 2. The lowest BCUT2D eigenvalue weighted by Gasteiger charge is -2.27. The highest BCUT2D eigenvalue weighted by molar-refractivity contribution is 5.88. The van der Waals surface area contributed by atoms with Gasteiger partial charge in [0.2, 0.25) is 0 Å². The van der Waals surface area contributed by atoms with E-state index >= 15 is 0 Å². The number of hydrogen-bond acceptors (Lipinski definition) is 2. The average molecular weight is 368 g/mol. The second-order valence-electron chi connectivity index (χ2n) is 7.99. The molecule has 4 aromatic rings. The lowest BCUT2D eigenvalue weighted by atomic mass is 9.78. The molecule has 28 heavy (non-hydrogen) atoms. The van der Waals surface area contributed by atoms with Crippen LogP contribution in [-0.4, -0.2) is 10.2 Å². The van der Waals surface area contributed by atoms with E-state index in [2.05, 4.69) is 32.0 Å². The molecule has 0 spiro atoms. The second kappa shape index (κ2) is 7.05. The van der Waals surface area contributed by atoms with Crippen LogP contribution in [0, 0.1) is 0 Å². The molecule has 0 saturated heterocycles. The molecule has 0 fully saturated rings. The molecule has 0 aliphatic heterocycles. The summed E-state index contributed by atoms with van der Waals surface area (Å²) in [5.74, 6) is 0.395. The molecule has 2 heteroatoms. The van der Waals surface area contributed by atoms with E-state index in [1.54, 1.807) is 12.1 Å². The minimum absolute atomic E-state index is 0.184. The van der Waals surface area contributed by atoms with E-state index in [1.165, 1.54) is 5.56 Å². The molecule has 0 aliphatic carbocycles. The third-order valence-corrected chi connectivity index (χ3v) is 5.39. The third kappa shape index (κ3) is 3.46. The molecule has 0 aromatic heterocycles. The molecule has 140 valence electrons. The molecule has 0 aliphatic rings. The molecule has 0 atom stereocenters. The van der Waals surface area contributed by atoms with Crippen LogP contribution in [0.2, 0.25) is 0 Å². The van der Waals surface area contributed by atoms with Crippen LogP contribution in [0.4, 0.5) is 0 Å². The molecule has 2 nitrogen and oxygen atoms in total. The van der Waals surface area contributed by atoms with Crippen LogP contribution < -0.4 is 0 Å². The van der Waals surface area contributed by atoms with Crippen molar-refractivity contribution in [1.82, 2.24) is 0 Å². The van der Waals surface area contributed by atoms with Gasteiger partial charge in [-0.3, -0.25) is 0 Å². The number of rotatable bonds is 4. The van der Waals surface area contributed by atoms with E-state index in [1.807, 2.05) is 54.6 Å². The van der Waals surface area contributed by atoms with Gasteiger partial charge in [0.15, 0.2) is 0 Å². The van der Waals surface area contributed by atoms with Crippen molar-refractivity contribution < 1.29 is 10.2 Å². The van der Waals surface area contributed by atoms with Crippen molar-refractivity contribution >= 4 is 10.8 Å². The molecule has 0 heterocycles. The topological polar surface area (TPSA) is 40.5 Å². The lowest BCUT2D eigenvalue weighted by Crippen LogP contribution is -2.20. The maximum absolute atomic E-state index is 10.8. The fourth-order valence-corrected chi connectivity index (χ4v) is 3.91. The Morgan fingerprint density at radius 1 is 0.679 bits per heavy atom. The van der Waals surface area contributed by atoms with Gasteiger partial charge in [-0.05, 0) is 51.9 Å². The van der Waals surface area contributed by atoms with Gasteiger partial charge in [-0.15, -0.1) is 0 Å². The summed E-state index contributed by atoms with van der Waals surface area (Å²) in [6.07, 6.45) is 0.774. The Morgan fingerprint density at radius 2 is 1.36 bits per heavy atom. The molecule has 0 amide bonds. The molecular formula is C26H24O2. The molecule has 0 unspecified atom stereocenters. The Labute approximate surface area is 165 Å². The summed E-state index contributed by atoms with van der Waals surface area (Å²) >= 11 is 0. The Bertz CT molecular complexity index is 1130. The van der Waals surface area contributed by atoms with E-state index in [-0.39, 0.29) is 16.9 Å². The van der Waals surface area contributed by atoms with Gasteiger partial charge in [0.25, 0.3) is 0 Å². The fourth-order valence-electron chi connectivity index (χ4n) is 3.91. The normalized spacial score (nSPS) is 11.6. The predicted molar refractivity (Wildman–Crippen MR) is 116 cm³/mol. The maximum atomic E-state index is 10.8. The minimum Gasteiger partial charge on any atom is -0.508 e. The summed E-state index contributed by atoms with van der Waals surface area (Å²) in [7, 11) is 0. The fraction of sp³-hybridized carbons (Fsp3) is 0.154. The van der Waals surface area contributed by atoms with Crippen molar-refractivity contribution in [1.29, 1.82) is 0 Å². The summed E-state index contributed by atoms with van der Waals surface area (Å²) < 4.78 is 0. The Hall–Kier alpha value is -3.26. The molecular weight excluding hydrogens is 344 g/mol. The minimum atomic E-state index is -0.315. The van der Waals surface area contributed by atoms with Crippen LogP contribution in [0.5, 0.6) is 11.5 Å². The molecule has 0 bridgehead atoms. The van der Waals surface area contributed by atoms with Crippen LogP contribution in [0.15, 0.2) is 84.9 Å². The van der Waals surface area contributed by atoms with Crippen molar-refractivity contribution in [2.45, 2.75) is 25.7 Å². The van der Waals surface area contributed by atoms with E-state index in [0.29, 0.717) is 5.56 Å². The Kier molecular flexibility index (Phi) is 4.56. The molecule has 4 aromatic carbocycles. The third-order valence-electron chi connectivity index (χ3n) is 5.39. The highest BCUT2D eigenvalue weighted by Gasteiger charge is 2.26. The van der Waals surface area contributed by atoms with E-state index in [0.717, 1.165) is 28.3 Å². The zero-order valence-electron chi connectivity index (χ0n) is 16.2. The predicted octanol–water partition coefficient (Wildman–Crippen LogP) is 6.44. The first-order valence-electron chi connectivity index (χ1n) is 9.54. The van der Waals surface area contributed by atoms with E-state index in [4.69, 9.17) is 0 Å². The molecule has 0 radical (unpaired) electrons. The summed E-state index contributed by atoms with van der Waals surface area (Å²) in [4.78, 5) is 0. The standard InChI is InChI=1S/C26H24O2/c1-26(2,17-18-8-4-3-5-9-18)23-16-24(27)22(15-25(23)28)21-13-12-19-10-6-7-11-20(19)14-21/h3-16,27-28H,17H2,1-2H3. The van der Waals surface area contributed by atoms with Crippen LogP contribution in [-0.2, 0) is 11.8 Å². The molecule has 4 rings (SSSR count). The average Bonchev–Trinajstić information content (AvgIpc) is 2.69. The smallest absolute Gasteiger partial charge is 0.123 e. The monoisotopic (exact) mass is 368 g/mol. The first kappa shape index (κ1) is 18.1. The molecule has 2 N–H and O–H groups in total. The van der Waals surface area contributed by atoms with Crippen LogP contribution in [0.1, 0.15) is 25.0 Å². The van der Waals surface area contributed by atoms with Crippen molar-refractivity contribution in [3.05, 3.63) is 96.1 Å². The summed E-state index contributed by atoms with van der Waals surface area (Å²) in [5, 5.41) is 23.8. The van der Waals surface area contributed by atoms with Gasteiger partial charge >= 0.3 is 0 Å². The van der Waals surface area contributed by atoms with Crippen molar-refractivity contribution in [3.63, 3.8) is 0 Å². The zero-order chi connectivity index (χ0) is 19.7. The quantitative estimate of drug-likeness (QED) is 0.407. The van der Waals surface area contributed by atoms with Crippen LogP contribution >= 0.6 is 0 Å². The summed E-state index contributed by atoms with van der Waals surface area (Å²) in [6.45, 7) is 4.17. The number of phenols is 2. The van der Waals surface area contributed by atoms with Gasteiger partial charge in [0.05, 0.1) is 0 Å².